The van der Waals surface area contributed by atoms with Crippen molar-refractivity contribution >= 4 is 23.4 Å². The van der Waals surface area contributed by atoms with Gasteiger partial charge in [-0.05, 0) is 49.2 Å². The summed E-state index contributed by atoms with van der Waals surface area (Å²) in [6.07, 6.45) is 0. The Kier molecular flexibility index (Phi) is 6.32. The third-order valence-electron chi connectivity index (χ3n) is 3.68. The van der Waals surface area contributed by atoms with Gasteiger partial charge in [0.15, 0.2) is 6.61 Å². The third-order valence-corrected chi connectivity index (χ3v) is 3.68. The molecule has 3 amide bonds. The number of rotatable bonds is 7. The Bertz CT molecular complexity index is 833. The summed E-state index contributed by atoms with van der Waals surface area (Å²) in [6.45, 7) is 3.47. The largest absolute Gasteiger partial charge is 0.484 e. The molecule has 0 aliphatic heterocycles. The van der Waals surface area contributed by atoms with Gasteiger partial charge >= 0.3 is 0 Å². The van der Waals surface area contributed by atoms with Crippen molar-refractivity contribution in [2.45, 2.75) is 13.8 Å². The molecule has 26 heavy (non-hydrogen) atoms. The van der Waals surface area contributed by atoms with Crippen LogP contribution in [-0.4, -0.2) is 30.9 Å². The summed E-state index contributed by atoms with van der Waals surface area (Å²) >= 11 is 0. The molecule has 0 fully saturated rings. The fraction of sp³-hybridized carbons (Fsp3) is 0.211. The number of anilines is 1. The van der Waals surface area contributed by atoms with Crippen LogP contribution in [-0.2, 0) is 9.59 Å². The zero-order valence-electron chi connectivity index (χ0n) is 14.7. The van der Waals surface area contributed by atoms with Crippen LogP contribution in [0.4, 0.5) is 5.69 Å². The highest BCUT2D eigenvalue weighted by molar-refractivity contribution is 5.99. The molecule has 0 aromatic heterocycles. The highest BCUT2D eigenvalue weighted by Crippen LogP contribution is 2.17. The van der Waals surface area contributed by atoms with Crippen molar-refractivity contribution in [3.63, 3.8) is 0 Å². The summed E-state index contributed by atoms with van der Waals surface area (Å²) in [6, 6.07) is 11.9. The molecule has 0 spiro atoms. The zero-order valence-corrected chi connectivity index (χ0v) is 14.7. The molecule has 0 aliphatic rings. The molecule has 0 unspecified atom stereocenters. The first-order chi connectivity index (χ1) is 12.3. The van der Waals surface area contributed by atoms with Crippen LogP contribution >= 0.6 is 0 Å². The number of hydrogen-bond donors (Lipinski definition) is 3. The highest BCUT2D eigenvalue weighted by atomic mass is 16.5. The van der Waals surface area contributed by atoms with E-state index in [1.807, 2.05) is 19.9 Å². The molecule has 2 rings (SSSR count). The summed E-state index contributed by atoms with van der Waals surface area (Å²) in [5.74, 6) is -0.884. The lowest BCUT2D eigenvalue weighted by Gasteiger charge is -2.09. The minimum absolute atomic E-state index is 0.169. The fourth-order valence-corrected chi connectivity index (χ4v) is 2.17. The maximum absolute atomic E-state index is 12.1. The molecule has 7 heteroatoms. The molecule has 0 aliphatic carbocycles. The molecule has 0 bridgehead atoms. The SMILES string of the molecule is Cc1ccc(C(=O)NCC(=O)Nc2cccc(OCC(N)=O)c2)cc1C. The Morgan fingerprint density at radius 3 is 2.50 bits per heavy atom. The maximum Gasteiger partial charge on any atom is 0.255 e. The number of hydrogen-bond acceptors (Lipinski definition) is 4. The maximum atomic E-state index is 12.1. The predicted octanol–water partition coefficient (Wildman–Crippen LogP) is 1.54. The summed E-state index contributed by atoms with van der Waals surface area (Å²) in [5, 5.41) is 5.22. The molecule has 4 N–H and O–H groups in total. The van der Waals surface area contributed by atoms with E-state index >= 15 is 0 Å². The number of carbonyl (C=O) groups is 3. The van der Waals surface area contributed by atoms with Crippen molar-refractivity contribution in [2.75, 3.05) is 18.5 Å². The Balaban J connectivity index is 1.88. The molecular weight excluding hydrogens is 334 g/mol. The number of amides is 3. The number of benzene rings is 2. The lowest BCUT2D eigenvalue weighted by molar-refractivity contribution is -0.120. The molecule has 0 saturated heterocycles. The van der Waals surface area contributed by atoms with E-state index in [2.05, 4.69) is 10.6 Å². The van der Waals surface area contributed by atoms with Gasteiger partial charge in [0, 0.05) is 17.3 Å². The van der Waals surface area contributed by atoms with E-state index in [0.717, 1.165) is 11.1 Å². The third kappa shape index (κ3) is 5.62. The molecule has 0 heterocycles. The molecule has 2 aromatic rings. The average Bonchev–Trinajstić information content (AvgIpc) is 2.60. The van der Waals surface area contributed by atoms with Crippen LogP contribution in [0, 0.1) is 13.8 Å². The van der Waals surface area contributed by atoms with Gasteiger partial charge in [0.25, 0.3) is 11.8 Å². The minimum atomic E-state index is -0.589. The topological polar surface area (TPSA) is 111 Å². The summed E-state index contributed by atoms with van der Waals surface area (Å²) in [4.78, 5) is 34.8. The second-order valence-electron chi connectivity index (χ2n) is 5.81. The van der Waals surface area contributed by atoms with Gasteiger partial charge in [-0.2, -0.15) is 0 Å². The average molecular weight is 355 g/mol. The smallest absolute Gasteiger partial charge is 0.255 e. The van der Waals surface area contributed by atoms with E-state index < -0.39 is 5.91 Å². The molecule has 136 valence electrons. The first kappa shape index (κ1) is 19.0. The van der Waals surface area contributed by atoms with Crippen LogP contribution < -0.4 is 21.1 Å². The molecule has 0 atom stereocenters. The fourth-order valence-electron chi connectivity index (χ4n) is 2.17. The first-order valence-corrected chi connectivity index (χ1v) is 8.01. The van der Waals surface area contributed by atoms with E-state index in [1.165, 1.54) is 0 Å². The van der Waals surface area contributed by atoms with Gasteiger partial charge in [0.1, 0.15) is 5.75 Å². The van der Waals surface area contributed by atoms with Crippen molar-refractivity contribution in [3.8, 4) is 5.75 Å². The molecule has 0 saturated carbocycles. The van der Waals surface area contributed by atoms with E-state index in [1.54, 1.807) is 36.4 Å². The van der Waals surface area contributed by atoms with Crippen molar-refractivity contribution in [2.24, 2.45) is 5.73 Å². The van der Waals surface area contributed by atoms with Gasteiger partial charge in [0.05, 0.1) is 6.54 Å². The summed E-state index contributed by atoms with van der Waals surface area (Å²) in [5.41, 5.74) is 8.11. The number of nitrogens with two attached hydrogens (primary N) is 1. The van der Waals surface area contributed by atoms with Gasteiger partial charge in [-0.25, -0.2) is 0 Å². The van der Waals surface area contributed by atoms with Crippen molar-refractivity contribution < 1.29 is 19.1 Å². The van der Waals surface area contributed by atoms with Crippen LogP contribution in [0.3, 0.4) is 0 Å². The second kappa shape index (κ2) is 8.66. The Morgan fingerprint density at radius 1 is 1.04 bits per heavy atom. The Morgan fingerprint density at radius 2 is 1.81 bits per heavy atom. The van der Waals surface area contributed by atoms with Gasteiger partial charge in [-0.15, -0.1) is 0 Å². The van der Waals surface area contributed by atoms with Gasteiger partial charge in [-0.3, -0.25) is 14.4 Å². The number of carbonyl (C=O) groups excluding carboxylic acids is 3. The van der Waals surface area contributed by atoms with Crippen molar-refractivity contribution in [3.05, 3.63) is 59.2 Å². The first-order valence-electron chi connectivity index (χ1n) is 8.01. The molecule has 7 nitrogen and oxygen atoms in total. The predicted molar refractivity (Wildman–Crippen MR) is 98.0 cm³/mol. The zero-order chi connectivity index (χ0) is 19.1. The number of ether oxygens (including phenoxy) is 1. The number of nitrogens with one attached hydrogen (secondary N) is 2. The lowest BCUT2D eigenvalue weighted by atomic mass is 10.1. The summed E-state index contributed by atoms with van der Waals surface area (Å²) in [7, 11) is 0. The number of aryl methyl sites for hydroxylation is 2. The molecule has 0 radical (unpaired) electrons. The molecular formula is C19H21N3O4. The number of primary amides is 1. The van der Waals surface area contributed by atoms with Crippen molar-refractivity contribution in [1.82, 2.24) is 5.32 Å². The van der Waals surface area contributed by atoms with E-state index in [0.29, 0.717) is 17.0 Å². The van der Waals surface area contributed by atoms with Gasteiger partial charge < -0.3 is 21.1 Å². The lowest BCUT2D eigenvalue weighted by Crippen LogP contribution is -2.32. The van der Waals surface area contributed by atoms with Crippen LogP contribution in [0.25, 0.3) is 0 Å². The normalized spacial score (nSPS) is 10.1. The van der Waals surface area contributed by atoms with Crippen LogP contribution in [0.5, 0.6) is 5.75 Å². The Labute approximate surface area is 151 Å². The van der Waals surface area contributed by atoms with Gasteiger partial charge in [0.2, 0.25) is 5.91 Å². The van der Waals surface area contributed by atoms with Crippen molar-refractivity contribution in [1.29, 1.82) is 0 Å². The summed E-state index contributed by atoms with van der Waals surface area (Å²) < 4.78 is 5.17. The quantitative estimate of drug-likeness (QED) is 0.699. The Hall–Kier alpha value is -3.35. The second-order valence-corrected chi connectivity index (χ2v) is 5.81. The molecule has 2 aromatic carbocycles. The van der Waals surface area contributed by atoms with Crippen LogP contribution in [0.2, 0.25) is 0 Å². The monoisotopic (exact) mass is 355 g/mol. The van der Waals surface area contributed by atoms with Crippen LogP contribution in [0.15, 0.2) is 42.5 Å². The highest BCUT2D eigenvalue weighted by Gasteiger charge is 2.09. The van der Waals surface area contributed by atoms with Crippen LogP contribution in [0.1, 0.15) is 21.5 Å². The van der Waals surface area contributed by atoms with E-state index in [4.69, 9.17) is 10.5 Å². The van der Waals surface area contributed by atoms with E-state index in [9.17, 15) is 14.4 Å². The van der Waals surface area contributed by atoms with E-state index in [-0.39, 0.29) is 25.0 Å². The minimum Gasteiger partial charge on any atom is -0.484 e. The standard InChI is InChI=1S/C19H21N3O4/c1-12-6-7-14(8-13(12)2)19(25)21-10-18(24)22-15-4-3-5-16(9-15)26-11-17(20)23/h3-9H,10-11H2,1-2H3,(H2,20,23)(H,21,25)(H,22,24). The van der Waals surface area contributed by atoms with Gasteiger partial charge in [-0.1, -0.05) is 12.1 Å².